The van der Waals surface area contributed by atoms with Gasteiger partial charge in [-0.05, 0) is 46.3 Å². The quantitative estimate of drug-likeness (QED) is 0.759. The number of aromatic nitrogens is 1. The highest BCUT2D eigenvalue weighted by Crippen LogP contribution is 2.26. The fourth-order valence-electron chi connectivity index (χ4n) is 2.00. The van der Waals surface area contributed by atoms with E-state index in [1.54, 1.807) is 24.3 Å². The first-order valence-electron chi connectivity index (χ1n) is 5.90. The summed E-state index contributed by atoms with van der Waals surface area (Å²) in [5.74, 6) is 0.977. The Kier molecular flexibility index (Phi) is 3.17. The van der Waals surface area contributed by atoms with Crippen LogP contribution in [0.2, 0.25) is 0 Å². The third-order valence-corrected chi connectivity index (χ3v) is 3.64. The molecule has 96 valence electrons. The third-order valence-electron chi connectivity index (χ3n) is 2.98. The highest BCUT2D eigenvalue weighted by molar-refractivity contribution is 9.10. The molecule has 2 aromatic carbocycles. The molecule has 0 aliphatic carbocycles. The van der Waals surface area contributed by atoms with Crippen LogP contribution in [0.3, 0.4) is 0 Å². The molecule has 0 spiro atoms. The Hall–Kier alpha value is -1.94. The summed E-state index contributed by atoms with van der Waals surface area (Å²) >= 11 is 3.51. The summed E-state index contributed by atoms with van der Waals surface area (Å²) in [5.41, 5.74) is 2.18. The Bertz CT molecular complexity index is 704. The highest BCUT2D eigenvalue weighted by Gasteiger charge is 2.06. The Labute approximate surface area is 119 Å². The smallest absolute Gasteiger partial charge is 0.120 e. The second kappa shape index (κ2) is 4.97. The summed E-state index contributed by atoms with van der Waals surface area (Å²) < 4.78 is 6.75. The van der Waals surface area contributed by atoms with Crippen molar-refractivity contribution in [2.75, 3.05) is 0 Å². The van der Waals surface area contributed by atoms with Gasteiger partial charge in [-0.1, -0.05) is 12.1 Å². The Morgan fingerprint density at radius 2 is 1.89 bits per heavy atom. The van der Waals surface area contributed by atoms with E-state index in [2.05, 4.69) is 27.0 Å². The number of benzene rings is 2. The number of hydrogen-bond donors (Lipinski definition) is 2. The van der Waals surface area contributed by atoms with Crippen molar-refractivity contribution in [3.63, 3.8) is 0 Å². The number of para-hydroxylation sites is 1. The van der Waals surface area contributed by atoms with E-state index in [0.29, 0.717) is 6.61 Å². The van der Waals surface area contributed by atoms with Gasteiger partial charge in [-0.25, -0.2) is 0 Å². The molecule has 0 saturated carbocycles. The normalized spacial score (nSPS) is 10.8. The number of phenolic OH excluding ortho intramolecular Hbond substituents is 1. The lowest BCUT2D eigenvalue weighted by Crippen LogP contribution is -1.93. The first-order valence-corrected chi connectivity index (χ1v) is 6.69. The van der Waals surface area contributed by atoms with Gasteiger partial charge in [0.2, 0.25) is 0 Å². The summed E-state index contributed by atoms with van der Waals surface area (Å²) in [4.78, 5) is 3.23. The lowest BCUT2D eigenvalue weighted by atomic mass is 10.2. The molecule has 0 saturated heterocycles. The summed E-state index contributed by atoms with van der Waals surface area (Å²) in [6, 6.07) is 12.8. The van der Waals surface area contributed by atoms with Gasteiger partial charge >= 0.3 is 0 Å². The molecular weight excluding hydrogens is 306 g/mol. The first kappa shape index (κ1) is 12.1. The highest BCUT2D eigenvalue weighted by atomic mass is 79.9. The van der Waals surface area contributed by atoms with Crippen molar-refractivity contribution in [3.8, 4) is 11.5 Å². The molecule has 4 heteroatoms. The molecule has 3 nitrogen and oxygen atoms in total. The predicted octanol–water partition coefficient (Wildman–Crippen LogP) is 4.22. The SMILES string of the molecule is Oc1ccc(OCc2c[nH]c3c(Br)cccc23)cc1. The molecule has 0 bridgehead atoms. The average Bonchev–Trinajstić information content (AvgIpc) is 2.83. The minimum absolute atomic E-state index is 0.239. The van der Waals surface area contributed by atoms with Crippen molar-refractivity contribution in [2.24, 2.45) is 0 Å². The molecule has 0 aliphatic rings. The van der Waals surface area contributed by atoms with E-state index in [9.17, 15) is 5.11 Å². The molecule has 0 fully saturated rings. The number of aromatic amines is 1. The summed E-state index contributed by atoms with van der Waals surface area (Å²) in [6.45, 7) is 0.487. The molecular formula is C15H12BrNO2. The van der Waals surface area contributed by atoms with Gasteiger partial charge in [-0.3, -0.25) is 0 Å². The Balaban J connectivity index is 1.82. The minimum atomic E-state index is 0.239. The van der Waals surface area contributed by atoms with E-state index in [-0.39, 0.29) is 5.75 Å². The number of phenols is 1. The molecule has 0 amide bonds. The van der Waals surface area contributed by atoms with Gasteiger partial charge in [-0.15, -0.1) is 0 Å². The van der Waals surface area contributed by atoms with Gasteiger partial charge in [0.05, 0.1) is 5.52 Å². The van der Waals surface area contributed by atoms with Gasteiger partial charge in [-0.2, -0.15) is 0 Å². The van der Waals surface area contributed by atoms with Crippen molar-refractivity contribution in [1.82, 2.24) is 4.98 Å². The predicted molar refractivity (Wildman–Crippen MR) is 78.4 cm³/mol. The second-order valence-corrected chi connectivity index (χ2v) is 5.11. The van der Waals surface area contributed by atoms with Crippen LogP contribution in [-0.4, -0.2) is 10.1 Å². The minimum Gasteiger partial charge on any atom is -0.508 e. The van der Waals surface area contributed by atoms with Gasteiger partial charge in [0.1, 0.15) is 18.1 Å². The lowest BCUT2D eigenvalue weighted by Gasteiger charge is -2.05. The molecule has 3 aromatic rings. The number of nitrogens with one attached hydrogen (secondary N) is 1. The van der Waals surface area contributed by atoms with Crippen LogP contribution in [0.15, 0.2) is 53.1 Å². The molecule has 1 heterocycles. The van der Waals surface area contributed by atoms with Crippen LogP contribution >= 0.6 is 15.9 Å². The van der Waals surface area contributed by atoms with E-state index in [0.717, 1.165) is 26.7 Å². The van der Waals surface area contributed by atoms with Crippen LogP contribution in [0.1, 0.15) is 5.56 Å². The lowest BCUT2D eigenvalue weighted by molar-refractivity contribution is 0.307. The van der Waals surface area contributed by atoms with E-state index in [4.69, 9.17) is 4.74 Å². The maximum Gasteiger partial charge on any atom is 0.120 e. The van der Waals surface area contributed by atoms with Crippen LogP contribution in [0.5, 0.6) is 11.5 Å². The molecule has 3 rings (SSSR count). The fraction of sp³-hybridized carbons (Fsp3) is 0.0667. The van der Waals surface area contributed by atoms with Crippen molar-refractivity contribution < 1.29 is 9.84 Å². The summed E-state index contributed by atoms with van der Waals surface area (Å²) in [6.07, 6.45) is 1.95. The zero-order valence-electron chi connectivity index (χ0n) is 10.1. The average molecular weight is 318 g/mol. The Morgan fingerprint density at radius 3 is 2.68 bits per heavy atom. The van der Waals surface area contributed by atoms with Gasteiger partial charge < -0.3 is 14.8 Å². The first-order chi connectivity index (χ1) is 9.24. The zero-order chi connectivity index (χ0) is 13.2. The summed E-state index contributed by atoms with van der Waals surface area (Å²) in [5, 5.41) is 10.4. The van der Waals surface area contributed by atoms with Crippen molar-refractivity contribution >= 4 is 26.8 Å². The number of H-pyrrole nitrogens is 1. The van der Waals surface area contributed by atoms with Crippen LogP contribution in [-0.2, 0) is 6.61 Å². The van der Waals surface area contributed by atoms with Crippen molar-refractivity contribution in [2.45, 2.75) is 6.61 Å². The van der Waals surface area contributed by atoms with Crippen molar-refractivity contribution in [1.29, 1.82) is 0 Å². The Morgan fingerprint density at radius 1 is 1.11 bits per heavy atom. The number of ether oxygens (including phenoxy) is 1. The van der Waals surface area contributed by atoms with E-state index in [1.807, 2.05) is 18.3 Å². The number of aromatic hydroxyl groups is 1. The van der Waals surface area contributed by atoms with Gasteiger partial charge in [0, 0.05) is 21.6 Å². The molecule has 0 atom stereocenters. The number of rotatable bonds is 3. The maximum absolute atomic E-state index is 9.21. The maximum atomic E-state index is 9.21. The monoisotopic (exact) mass is 317 g/mol. The van der Waals surface area contributed by atoms with Crippen molar-refractivity contribution in [3.05, 3.63) is 58.7 Å². The van der Waals surface area contributed by atoms with Crippen LogP contribution < -0.4 is 4.74 Å². The third kappa shape index (κ3) is 2.44. The van der Waals surface area contributed by atoms with E-state index < -0.39 is 0 Å². The number of fused-ring (bicyclic) bond motifs is 1. The number of hydrogen-bond acceptors (Lipinski definition) is 2. The topological polar surface area (TPSA) is 45.2 Å². The number of halogens is 1. The van der Waals surface area contributed by atoms with E-state index >= 15 is 0 Å². The molecule has 0 unspecified atom stereocenters. The van der Waals surface area contributed by atoms with Crippen LogP contribution in [0.25, 0.3) is 10.9 Å². The summed E-state index contributed by atoms with van der Waals surface area (Å²) in [7, 11) is 0. The van der Waals surface area contributed by atoms with E-state index in [1.165, 1.54) is 0 Å². The molecule has 19 heavy (non-hydrogen) atoms. The standard InChI is InChI=1S/C15H12BrNO2/c16-14-3-1-2-13-10(8-17-15(13)14)9-19-12-6-4-11(18)5-7-12/h1-8,17-18H,9H2. The fourth-order valence-corrected chi connectivity index (χ4v) is 2.48. The largest absolute Gasteiger partial charge is 0.508 e. The zero-order valence-corrected chi connectivity index (χ0v) is 11.6. The second-order valence-electron chi connectivity index (χ2n) is 4.26. The molecule has 1 aromatic heterocycles. The van der Waals surface area contributed by atoms with Crippen LogP contribution in [0, 0.1) is 0 Å². The molecule has 0 aliphatic heterocycles. The molecule has 2 N–H and O–H groups in total. The van der Waals surface area contributed by atoms with Crippen LogP contribution in [0.4, 0.5) is 0 Å². The van der Waals surface area contributed by atoms with Gasteiger partial charge in [0.25, 0.3) is 0 Å². The van der Waals surface area contributed by atoms with Gasteiger partial charge in [0.15, 0.2) is 0 Å². The molecule has 0 radical (unpaired) electrons.